The number of aromatic nitrogens is 3. The van der Waals surface area contributed by atoms with Gasteiger partial charge in [0.05, 0.1) is 23.8 Å². The second-order valence-corrected chi connectivity index (χ2v) is 5.64. The van der Waals surface area contributed by atoms with Crippen molar-refractivity contribution < 1.29 is 4.74 Å². The molecule has 0 atom stereocenters. The molecule has 0 fully saturated rings. The molecule has 4 nitrogen and oxygen atoms in total. The van der Waals surface area contributed by atoms with E-state index in [1.165, 1.54) is 0 Å². The van der Waals surface area contributed by atoms with Crippen LogP contribution in [0.3, 0.4) is 0 Å². The predicted octanol–water partition coefficient (Wildman–Crippen LogP) is 4.52. The van der Waals surface area contributed by atoms with Gasteiger partial charge in [0.15, 0.2) is 5.82 Å². The number of rotatable bonds is 4. The standard InChI is InChI=1S/C20H19N3O/c1-3-22-14-6-9-19(22)20-21-17-7-4-5-8-18(17)23(20)15-10-12-16(24-2)13-11-15/h4-14H,3H2,1-2H3. The van der Waals surface area contributed by atoms with Gasteiger partial charge < -0.3 is 9.30 Å². The van der Waals surface area contributed by atoms with Gasteiger partial charge in [0.25, 0.3) is 0 Å². The zero-order chi connectivity index (χ0) is 16.5. The fraction of sp³-hybridized carbons (Fsp3) is 0.150. The van der Waals surface area contributed by atoms with E-state index < -0.39 is 0 Å². The topological polar surface area (TPSA) is 32.0 Å². The molecule has 2 aromatic heterocycles. The lowest BCUT2D eigenvalue weighted by atomic mass is 10.2. The van der Waals surface area contributed by atoms with Gasteiger partial charge in [-0.2, -0.15) is 0 Å². The summed E-state index contributed by atoms with van der Waals surface area (Å²) < 4.78 is 9.70. The van der Waals surface area contributed by atoms with Crippen LogP contribution in [0, 0.1) is 0 Å². The van der Waals surface area contributed by atoms with Gasteiger partial charge in [-0.15, -0.1) is 0 Å². The van der Waals surface area contributed by atoms with Crippen LogP contribution in [0.25, 0.3) is 28.2 Å². The summed E-state index contributed by atoms with van der Waals surface area (Å²) in [4.78, 5) is 4.89. The fourth-order valence-electron chi connectivity index (χ4n) is 3.08. The Morgan fingerprint density at radius 3 is 2.50 bits per heavy atom. The molecule has 2 aromatic carbocycles. The van der Waals surface area contributed by atoms with Gasteiger partial charge in [0, 0.05) is 18.4 Å². The van der Waals surface area contributed by atoms with E-state index in [9.17, 15) is 0 Å². The van der Waals surface area contributed by atoms with Crippen LogP contribution < -0.4 is 4.74 Å². The van der Waals surface area contributed by atoms with Crippen molar-refractivity contribution >= 4 is 11.0 Å². The minimum absolute atomic E-state index is 0.849. The molecule has 0 aliphatic carbocycles. The molecule has 0 aliphatic heterocycles. The van der Waals surface area contributed by atoms with E-state index >= 15 is 0 Å². The Morgan fingerprint density at radius 1 is 0.958 bits per heavy atom. The molecule has 4 aromatic rings. The minimum atomic E-state index is 0.849. The highest BCUT2D eigenvalue weighted by atomic mass is 16.5. The number of methoxy groups -OCH3 is 1. The van der Waals surface area contributed by atoms with Gasteiger partial charge >= 0.3 is 0 Å². The number of ether oxygens (including phenoxy) is 1. The Labute approximate surface area is 140 Å². The molecule has 2 heterocycles. The van der Waals surface area contributed by atoms with Crippen LogP contribution in [-0.4, -0.2) is 21.2 Å². The average molecular weight is 317 g/mol. The summed E-state index contributed by atoms with van der Waals surface area (Å²) in [6.45, 7) is 3.05. The smallest absolute Gasteiger partial charge is 0.162 e. The normalized spacial score (nSPS) is 11.1. The SMILES string of the molecule is CCn1cccc1-c1nc2ccccc2n1-c1ccc(OC)cc1. The van der Waals surface area contributed by atoms with Crippen LogP contribution in [-0.2, 0) is 6.54 Å². The van der Waals surface area contributed by atoms with Crippen molar-refractivity contribution in [2.75, 3.05) is 7.11 Å². The van der Waals surface area contributed by atoms with Crippen LogP contribution >= 0.6 is 0 Å². The van der Waals surface area contributed by atoms with Crippen LogP contribution in [0.2, 0.25) is 0 Å². The van der Waals surface area contributed by atoms with Gasteiger partial charge in [-0.1, -0.05) is 12.1 Å². The Kier molecular flexibility index (Phi) is 3.58. The molecule has 0 aliphatic rings. The quantitative estimate of drug-likeness (QED) is 0.554. The van der Waals surface area contributed by atoms with Gasteiger partial charge in [-0.05, 0) is 55.5 Å². The first-order chi connectivity index (χ1) is 11.8. The van der Waals surface area contributed by atoms with Crippen LogP contribution in [0.4, 0.5) is 0 Å². The van der Waals surface area contributed by atoms with Crippen molar-refractivity contribution in [3.8, 4) is 23.0 Å². The maximum absolute atomic E-state index is 5.28. The zero-order valence-corrected chi connectivity index (χ0v) is 13.8. The number of nitrogens with zero attached hydrogens (tertiary/aromatic N) is 3. The van der Waals surface area contributed by atoms with Crippen molar-refractivity contribution in [1.29, 1.82) is 0 Å². The van der Waals surface area contributed by atoms with E-state index in [0.717, 1.165) is 40.5 Å². The van der Waals surface area contributed by atoms with Crippen molar-refractivity contribution in [3.05, 3.63) is 66.9 Å². The summed E-state index contributed by atoms with van der Waals surface area (Å²) in [5.74, 6) is 1.80. The van der Waals surface area contributed by atoms with Crippen molar-refractivity contribution in [2.45, 2.75) is 13.5 Å². The number of imidazole rings is 1. The molecule has 4 rings (SSSR count). The summed E-state index contributed by atoms with van der Waals surface area (Å²) in [7, 11) is 1.68. The summed E-state index contributed by atoms with van der Waals surface area (Å²) >= 11 is 0. The molecule has 120 valence electrons. The first-order valence-corrected chi connectivity index (χ1v) is 8.09. The Balaban J connectivity index is 1.99. The second kappa shape index (κ2) is 5.89. The largest absolute Gasteiger partial charge is 0.497 e. The van der Waals surface area contributed by atoms with Gasteiger partial charge in [-0.25, -0.2) is 4.98 Å². The first-order valence-electron chi connectivity index (χ1n) is 8.09. The number of para-hydroxylation sites is 2. The number of fused-ring (bicyclic) bond motifs is 1. The molecule has 0 saturated heterocycles. The third-order valence-corrected chi connectivity index (χ3v) is 4.29. The molecular formula is C20H19N3O. The number of hydrogen-bond acceptors (Lipinski definition) is 2. The second-order valence-electron chi connectivity index (χ2n) is 5.64. The maximum atomic E-state index is 5.28. The molecule has 0 bridgehead atoms. The maximum Gasteiger partial charge on any atom is 0.162 e. The number of hydrogen-bond donors (Lipinski definition) is 0. The van der Waals surface area contributed by atoms with E-state index in [-0.39, 0.29) is 0 Å². The van der Waals surface area contributed by atoms with E-state index in [4.69, 9.17) is 9.72 Å². The summed E-state index contributed by atoms with van der Waals surface area (Å²) in [6.07, 6.45) is 2.09. The van der Waals surface area contributed by atoms with Crippen molar-refractivity contribution in [3.63, 3.8) is 0 Å². The van der Waals surface area contributed by atoms with Gasteiger partial charge in [0.1, 0.15) is 5.75 Å². The van der Waals surface area contributed by atoms with E-state index in [1.807, 2.05) is 24.3 Å². The fourth-order valence-corrected chi connectivity index (χ4v) is 3.08. The molecule has 0 unspecified atom stereocenters. The predicted molar refractivity (Wildman–Crippen MR) is 96.7 cm³/mol. The van der Waals surface area contributed by atoms with Gasteiger partial charge in [0.2, 0.25) is 0 Å². The van der Waals surface area contributed by atoms with Crippen LogP contribution in [0.5, 0.6) is 5.75 Å². The number of benzene rings is 2. The van der Waals surface area contributed by atoms with Crippen LogP contribution in [0.1, 0.15) is 6.92 Å². The monoisotopic (exact) mass is 317 g/mol. The highest BCUT2D eigenvalue weighted by Gasteiger charge is 2.16. The van der Waals surface area contributed by atoms with E-state index in [2.05, 4.69) is 58.7 Å². The molecule has 0 amide bonds. The lowest BCUT2D eigenvalue weighted by Crippen LogP contribution is -2.02. The Bertz CT molecular complexity index is 980. The lowest BCUT2D eigenvalue weighted by Gasteiger charge is -2.12. The Morgan fingerprint density at radius 2 is 1.75 bits per heavy atom. The molecule has 24 heavy (non-hydrogen) atoms. The highest BCUT2D eigenvalue weighted by molar-refractivity contribution is 5.82. The molecule has 0 saturated carbocycles. The number of aryl methyl sites for hydroxylation is 1. The van der Waals surface area contributed by atoms with Gasteiger partial charge in [-0.3, -0.25) is 4.57 Å². The lowest BCUT2D eigenvalue weighted by molar-refractivity contribution is 0.415. The first kappa shape index (κ1) is 14.6. The molecule has 4 heteroatoms. The summed E-state index contributed by atoms with van der Waals surface area (Å²) in [6, 6.07) is 20.5. The molecular weight excluding hydrogens is 298 g/mol. The van der Waals surface area contributed by atoms with Crippen molar-refractivity contribution in [1.82, 2.24) is 14.1 Å². The highest BCUT2D eigenvalue weighted by Crippen LogP contribution is 2.29. The van der Waals surface area contributed by atoms with E-state index in [1.54, 1.807) is 7.11 Å². The van der Waals surface area contributed by atoms with E-state index in [0.29, 0.717) is 0 Å². The third-order valence-electron chi connectivity index (χ3n) is 4.29. The third kappa shape index (κ3) is 2.27. The summed E-state index contributed by atoms with van der Waals surface area (Å²) in [5.41, 5.74) is 4.28. The Hall–Kier alpha value is -3.01. The summed E-state index contributed by atoms with van der Waals surface area (Å²) in [5, 5.41) is 0. The molecule has 0 N–H and O–H groups in total. The minimum Gasteiger partial charge on any atom is -0.497 e. The zero-order valence-electron chi connectivity index (χ0n) is 13.8. The molecule has 0 radical (unpaired) electrons. The van der Waals surface area contributed by atoms with Crippen molar-refractivity contribution in [2.24, 2.45) is 0 Å². The molecule has 0 spiro atoms. The average Bonchev–Trinajstić information content (AvgIpc) is 3.25. The van der Waals surface area contributed by atoms with Crippen LogP contribution in [0.15, 0.2) is 66.9 Å².